The fourth-order valence-electron chi connectivity index (χ4n) is 5.75. The molecule has 4 N–H and O–H groups in total. The van der Waals surface area contributed by atoms with Crippen LogP contribution in [-0.4, -0.2) is 35.7 Å². The van der Waals surface area contributed by atoms with E-state index in [9.17, 15) is 19.2 Å². The van der Waals surface area contributed by atoms with Crippen LogP contribution in [0.15, 0.2) is 60.7 Å². The second kappa shape index (κ2) is 14.7. The predicted octanol–water partition coefficient (Wildman–Crippen LogP) is 7.62. The van der Waals surface area contributed by atoms with E-state index in [0.29, 0.717) is 43.7 Å². The van der Waals surface area contributed by atoms with Crippen LogP contribution in [0.2, 0.25) is 10.0 Å². The Hall–Kier alpha value is -3.88. The Morgan fingerprint density at radius 2 is 0.864 bits per heavy atom. The summed E-state index contributed by atoms with van der Waals surface area (Å²) in [6.45, 7) is 0. The van der Waals surface area contributed by atoms with Crippen LogP contribution in [0.5, 0.6) is 0 Å². The molecule has 10 heteroatoms. The highest BCUT2D eigenvalue weighted by atomic mass is 35.5. The van der Waals surface area contributed by atoms with E-state index in [1.165, 1.54) is 12.8 Å². The molecule has 0 spiro atoms. The summed E-state index contributed by atoms with van der Waals surface area (Å²) in [5.41, 5.74) is 2.13. The fourth-order valence-corrected chi connectivity index (χ4v) is 6.16. The van der Waals surface area contributed by atoms with Gasteiger partial charge in [-0.3, -0.25) is 19.2 Å². The van der Waals surface area contributed by atoms with E-state index >= 15 is 0 Å². The Morgan fingerprint density at radius 3 is 1.23 bits per heavy atom. The molecule has 5 rings (SSSR count). The van der Waals surface area contributed by atoms with Gasteiger partial charge in [-0.1, -0.05) is 61.7 Å². The zero-order valence-electron chi connectivity index (χ0n) is 24.4. The Morgan fingerprint density at radius 1 is 0.500 bits per heavy atom. The summed E-state index contributed by atoms with van der Waals surface area (Å²) in [4.78, 5) is 51.6. The van der Waals surface area contributed by atoms with Crippen molar-refractivity contribution >= 4 is 58.2 Å². The molecule has 2 saturated carbocycles. The van der Waals surface area contributed by atoms with Crippen LogP contribution in [-0.2, 0) is 0 Å². The van der Waals surface area contributed by atoms with Gasteiger partial charge in [0, 0.05) is 34.6 Å². The first-order valence-corrected chi connectivity index (χ1v) is 16.0. The Bertz CT molecular complexity index is 1420. The monoisotopic (exact) mass is 634 g/mol. The summed E-state index contributed by atoms with van der Waals surface area (Å²) in [6.07, 6.45) is 10.5. The lowest BCUT2D eigenvalue weighted by molar-refractivity contribution is 0.0919. The number of amides is 4. The second-order valence-electron chi connectivity index (χ2n) is 11.5. The Balaban J connectivity index is 1.19. The minimum atomic E-state index is -0.399. The summed E-state index contributed by atoms with van der Waals surface area (Å²) >= 11 is 12.6. The number of benzene rings is 3. The van der Waals surface area contributed by atoms with Crippen LogP contribution in [0.4, 0.5) is 11.4 Å². The van der Waals surface area contributed by atoms with Gasteiger partial charge < -0.3 is 21.3 Å². The van der Waals surface area contributed by atoms with Crippen molar-refractivity contribution in [2.75, 3.05) is 10.6 Å². The van der Waals surface area contributed by atoms with Crippen LogP contribution in [0.1, 0.15) is 106 Å². The van der Waals surface area contributed by atoms with Gasteiger partial charge in [0.15, 0.2) is 0 Å². The SMILES string of the molecule is O=C(Nc1ccc(Cl)c(C(=O)NC2CCCCC2)c1)c1ccc(C(=O)Nc2ccc(Cl)c(C(=O)NC3CCCCC3)c2)cc1. The van der Waals surface area contributed by atoms with Crippen molar-refractivity contribution in [2.24, 2.45) is 0 Å². The second-order valence-corrected chi connectivity index (χ2v) is 12.3. The van der Waals surface area contributed by atoms with Crippen LogP contribution < -0.4 is 21.3 Å². The minimum absolute atomic E-state index is 0.133. The first-order chi connectivity index (χ1) is 21.3. The molecule has 3 aromatic carbocycles. The number of hydrogen-bond donors (Lipinski definition) is 4. The molecule has 0 aliphatic heterocycles. The summed E-state index contributed by atoms with van der Waals surface area (Å²) in [5.74, 6) is -1.31. The van der Waals surface area contributed by atoms with Crippen molar-refractivity contribution in [1.29, 1.82) is 0 Å². The first-order valence-electron chi connectivity index (χ1n) is 15.2. The Labute approximate surface area is 267 Å². The van der Waals surface area contributed by atoms with Gasteiger partial charge in [-0.15, -0.1) is 0 Å². The summed E-state index contributed by atoms with van der Waals surface area (Å²) in [7, 11) is 0. The molecule has 0 unspecified atom stereocenters. The summed E-state index contributed by atoms with van der Waals surface area (Å²) in [6, 6.07) is 16.0. The summed E-state index contributed by atoms with van der Waals surface area (Å²) < 4.78 is 0. The Kier molecular flexibility index (Phi) is 10.6. The van der Waals surface area contributed by atoms with Gasteiger partial charge in [-0.05, 0) is 86.3 Å². The molecule has 44 heavy (non-hydrogen) atoms. The predicted molar refractivity (Wildman–Crippen MR) is 174 cm³/mol. The number of halogens is 2. The highest BCUT2D eigenvalue weighted by Gasteiger charge is 2.21. The van der Waals surface area contributed by atoms with Crippen molar-refractivity contribution in [2.45, 2.75) is 76.3 Å². The normalized spacial score (nSPS) is 15.7. The molecule has 2 fully saturated rings. The molecule has 0 saturated heterocycles. The molecule has 230 valence electrons. The summed E-state index contributed by atoms with van der Waals surface area (Å²) in [5, 5.41) is 12.3. The lowest BCUT2D eigenvalue weighted by Gasteiger charge is -2.23. The maximum atomic E-state index is 12.9. The number of anilines is 2. The van der Waals surface area contributed by atoms with E-state index in [1.54, 1.807) is 60.7 Å². The quantitative estimate of drug-likeness (QED) is 0.204. The van der Waals surface area contributed by atoms with Crippen molar-refractivity contribution in [3.63, 3.8) is 0 Å². The van der Waals surface area contributed by atoms with Gasteiger partial charge in [-0.2, -0.15) is 0 Å². The maximum absolute atomic E-state index is 12.9. The van der Waals surface area contributed by atoms with E-state index in [0.717, 1.165) is 51.4 Å². The number of carbonyl (C=O) groups is 4. The highest BCUT2D eigenvalue weighted by molar-refractivity contribution is 6.34. The van der Waals surface area contributed by atoms with E-state index in [2.05, 4.69) is 21.3 Å². The number of hydrogen-bond acceptors (Lipinski definition) is 4. The molecule has 2 aliphatic rings. The molecule has 0 aromatic heterocycles. The molecule has 8 nitrogen and oxygen atoms in total. The van der Waals surface area contributed by atoms with Gasteiger partial charge in [0.2, 0.25) is 0 Å². The third kappa shape index (κ3) is 8.18. The number of nitrogens with one attached hydrogen (secondary N) is 4. The average molecular weight is 636 g/mol. The number of rotatable bonds is 8. The van der Waals surface area contributed by atoms with Crippen molar-refractivity contribution in [3.05, 3.63) is 93.0 Å². The number of carbonyl (C=O) groups excluding carboxylic acids is 4. The highest BCUT2D eigenvalue weighted by Crippen LogP contribution is 2.25. The van der Waals surface area contributed by atoms with Gasteiger partial charge in [0.1, 0.15) is 0 Å². The van der Waals surface area contributed by atoms with Gasteiger partial charge in [0.05, 0.1) is 21.2 Å². The van der Waals surface area contributed by atoms with Gasteiger partial charge in [-0.25, -0.2) is 0 Å². The first kappa shape index (κ1) is 31.5. The minimum Gasteiger partial charge on any atom is -0.349 e. The van der Waals surface area contributed by atoms with Crippen LogP contribution >= 0.6 is 23.2 Å². The third-order valence-corrected chi connectivity index (χ3v) is 8.89. The van der Waals surface area contributed by atoms with Crippen molar-refractivity contribution < 1.29 is 19.2 Å². The molecular formula is C34H36Cl2N4O4. The zero-order chi connectivity index (χ0) is 31.1. The van der Waals surface area contributed by atoms with Crippen molar-refractivity contribution in [1.82, 2.24) is 10.6 Å². The molecule has 0 heterocycles. The molecule has 0 atom stereocenters. The largest absolute Gasteiger partial charge is 0.349 e. The molecule has 2 aliphatic carbocycles. The average Bonchev–Trinajstić information content (AvgIpc) is 3.03. The molecule has 0 bridgehead atoms. The van der Waals surface area contributed by atoms with Crippen LogP contribution in [0.3, 0.4) is 0 Å². The molecule has 3 aromatic rings. The van der Waals surface area contributed by atoms with Gasteiger partial charge >= 0.3 is 0 Å². The van der Waals surface area contributed by atoms with Crippen LogP contribution in [0.25, 0.3) is 0 Å². The smallest absolute Gasteiger partial charge is 0.255 e. The third-order valence-electron chi connectivity index (χ3n) is 8.23. The molecule has 4 amide bonds. The lowest BCUT2D eigenvalue weighted by atomic mass is 9.95. The van der Waals surface area contributed by atoms with Crippen LogP contribution in [0, 0.1) is 0 Å². The van der Waals surface area contributed by atoms with E-state index < -0.39 is 11.8 Å². The zero-order valence-corrected chi connectivity index (χ0v) is 25.9. The topological polar surface area (TPSA) is 116 Å². The standard InChI is InChI=1S/C34H36Cl2N4O4/c35-29-17-15-25(19-27(29)33(43)37-23-7-3-1-4-8-23)39-31(41)21-11-13-22(14-12-21)32(42)40-26-16-18-30(36)28(20-26)34(44)38-24-9-5-2-6-10-24/h11-20,23-24H,1-10H2,(H,37,43)(H,38,44)(H,39,41)(H,40,42). The molecular weight excluding hydrogens is 599 g/mol. The fraction of sp³-hybridized carbons (Fsp3) is 0.353. The van der Waals surface area contributed by atoms with Gasteiger partial charge in [0.25, 0.3) is 23.6 Å². The maximum Gasteiger partial charge on any atom is 0.255 e. The van der Waals surface area contributed by atoms with E-state index in [4.69, 9.17) is 23.2 Å². The van der Waals surface area contributed by atoms with Crippen molar-refractivity contribution in [3.8, 4) is 0 Å². The lowest BCUT2D eigenvalue weighted by Crippen LogP contribution is -2.36. The molecule has 0 radical (unpaired) electrons. The van der Waals surface area contributed by atoms with E-state index in [-0.39, 0.29) is 23.9 Å². The van der Waals surface area contributed by atoms with E-state index in [1.807, 2.05) is 0 Å².